The van der Waals surface area contributed by atoms with Gasteiger partial charge in [0.15, 0.2) is 6.39 Å². The highest BCUT2D eigenvalue weighted by Gasteiger charge is 2.19. The van der Waals surface area contributed by atoms with Crippen molar-refractivity contribution in [2.24, 2.45) is 0 Å². The quantitative estimate of drug-likeness (QED) is 0.736. The van der Waals surface area contributed by atoms with E-state index in [9.17, 15) is 4.79 Å². The van der Waals surface area contributed by atoms with Crippen LogP contribution < -0.4 is 0 Å². The number of carbonyl (C=O) groups excluding carboxylic acids is 1. The van der Waals surface area contributed by atoms with Crippen molar-refractivity contribution in [3.63, 3.8) is 0 Å². The first-order chi connectivity index (χ1) is 7.83. The maximum atomic E-state index is 11.5. The molecular weight excluding hydrogens is 208 g/mol. The topological polar surface area (TPSA) is 65.2 Å². The number of carbonyl (C=O) groups is 1. The second-order valence-corrected chi connectivity index (χ2v) is 2.99. The minimum absolute atomic E-state index is 0.119. The van der Waals surface area contributed by atoms with Gasteiger partial charge in [0.25, 0.3) is 0 Å². The van der Waals surface area contributed by atoms with Gasteiger partial charge in [0.05, 0.1) is 6.61 Å². The molecule has 82 valence electrons. The van der Waals surface area contributed by atoms with Gasteiger partial charge in [-0.1, -0.05) is 0 Å². The van der Waals surface area contributed by atoms with E-state index >= 15 is 0 Å². The Balaban J connectivity index is 2.37. The van der Waals surface area contributed by atoms with Gasteiger partial charge < -0.3 is 9.15 Å². The van der Waals surface area contributed by atoms with Crippen LogP contribution in [0.25, 0.3) is 11.3 Å². The minimum Gasteiger partial charge on any atom is -0.460 e. The maximum absolute atomic E-state index is 11.5. The number of esters is 1. The molecule has 0 spiro atoms. The van der Waals surface area contributed by atoms with E-state index < -0.39 is 5.97 Å². The Hall–Kier alpha value is -2.17. The number of pyridine rings is 1. The Bertz CT molecular complexity index is 479. The average Bonchev–Trinajstić information content (AvgIpc) is 2.79. The number of aromatic nitrogens is 2. The lowest BCUT2D eigenvalue weighted by Gasteiger charge is -2.00. The standard InChI is InChI=1S/C11H10N2O3/c1-2-15-11(14)10-9(13-7-16-10)8-3-5-12-6-4-8/h3-7H,2H2,1H3. The van der Waals surface area contributed by atoms with E-state index in [1.54, 1.807) is 31.5 Å². The smallest absolute Gasteiger partial charge is 0.376 e. The molecule has 2 rings (SSSR count). The van der Waals surface area contributed by atoms with Crippen molar-refractivity contribution in [3.05, 3.63) is 36.7 Å². The van der Waals surface area contributed by atoms with Crippen LogP contribution in [-0.4, -0.2) is 22.5 Å². The third-order valence-electron chi connectivity index (χ3n) is 1.98. The van der Waals surface area contributed by atoms with Gasteiger partial charge in [-0.25, -0.2) is 9.78 Å². The number of hydrogen-bond acceptors (Lipinski definition) is 5. The molecule has 5 nitrogen and oxygen atoms in total. The van der Waals surface area contributed by atoms with E-state index in [2.05, 4.69) is 9.97 Å². The molecule has 0 aliphatic rings. The van der Waals surface area contributed by atoms with E-state index in [-0.39, 0.29) is 5.76 Å². The molecule has 2 aromatic heterocycles. The molecule has 2 aromatic rings. The van der Waals surface area contributed by atoms with Gasteiger partial charge in [-0.3, -0.25) is 4.98 Å². The highest BCUT2D eigenvalue weighted by atomic mass is 16.5. The largest absolute Gasteiger partial charge is 0.460 e. The van der Waals surface area contributed by atoms with Crippen LogP contribution in [0.4, 0.5) is 0 Å². The molecule has 0 aliphatic heterocycles. The lowest BCUT2D eigenvalue weighted by molar-refractivity contribution is 0.0491. The fraction of sp³-hybridized carbons (Fsp3) is 0.182. The van der Waals surface area contributed by atoms with E-state index in [0.717, 1.165) is 5.56 Å². The van der Waals surface area contributed by atoms with Gasteiger partial charge in [-0.2, -0.15) is 0 Å². The van der Waals surface area contributed by atoms with Crippen molar-refractivity contribution in [2.75, 3.05) is 6.61 Å². The molecular formula is C11H10N2O3. The SMILES string of the molecule is CCOC(=O)c1ocnc1-c1ccncc1. The van der Waals surface area contributed by atoms with E-state index in [1.807, 2.05) is 0 Å². The van der Waals surface area contributed by atoms with Gasteiger partial charge in [0.2, 0.25) is 5.76 Å². The fourth-order valence-electron chi connectivity index (χ4n) is 1.30. The first kappa shape index (κ1) is 10.4. The summed E-state index contributed by atoms with van der Waals surface area (Å²) in [7, 11) is 0. The summed E-state index contributed by atoms with van der Waals surface area (Å²) < 4.78 is 9.89. The van der Waals surface area contributed by atoms with Gasteiger partial charge in [-0.15, -0.1) is 0 Å². The molecule has 16 heavy (non-hydrogen) atoms. The average molecular weight is 218 g/mol. The summed E-state index contributed by atoms with van der Waals surface area (Å²) in [5, 5.41) is 0. The van der Waals surface area contributed by atoms with Crippen molar-refractivity contribution >= 4 is 5.97 Å². The molecule has 0 N–H and O–H groups in total. The molecule has 0 bridgehead atoms. The molecule has 0 amide bonds. The van der Waals surface area contributed by atoms with Gasteiger partial charge in [-0.05, 0) is 19.1 Å². The number of rotatable bonds is 3. The summed E-state index contributed by atoms with van der Waals surface area (Å²) in [5.74, 6) is -0.389. The molecule has 0 aromatic carbocycles. The van der Waals surface area contributed by atoms with Gasteiger partial charge in [0.1, 0.15) is 5.69 Å². The molecule has 0 unspecified atom stereocenters. The molecule has 5 heteroatoms. The zero-order chi connectivity index (χ0) is 11.4. The summed E-state index contributed by atoms with van der Waals surface area (Å²) in [6, 6.07) is 3.50. The first-order valence-corrected chi connectivity index (χ1v) is 4.84. The van der Waals surface area contributed by atoms with Crippen LogP contribution in [-0.2, 0) is 4.74 Å². The second kappa shape index (κ2) is 4.57. The third-order valence-corrected chi connectivity index (χ3v) is 1.98. The van der Waals surface area contributed by atoms with E-state index in [4.69, 9.17) is 9.15 Å². The van der Waals surface area contributed by atoms with Crippen molar-refractivity contribution < 1.29 is 13.9 Å². The maximum Gasteiger partial charge on any atom is 0.376 e. The minimum atomic E-state index is -0.508. The van der Waals surface area contributed by atoms with Crippen LogP contribution in [0.1, 0.15) is 17.5 Å². The Morgan fingerprint density at radius 1 is 1.44 bits per heavy atom. The van der Waals surface area contributed by atoms with Crippen LogP contribution in [0, 0.1) is 0 Å². The highest BCUT2D eigenvalue weighted by Crippen LogP contribution is 2.21. The van der Waals surface area contributed by atoms with Crippen LogP contribution >= 0.6 is 0 Å². The van der Waals surface area contributed by atoms with Gasteiger partial charge in [0, 0.05) is 18.0 Å². The van der Waals surface area contributed by atoms with E-state index in [0.29, 0.717) is 12.3 Å². The Morgan fingerprint density at radius 2 is 2.19 bits per heavy atom. The normalized spacial score (nSPS) is 10.1. The Kier molecular flexibility index (Phi) is 2.95. The lowest BCUT2D eigenvalue weighted by Crippen LogP contribution is -2.04. The van der Waals surface area contributed by atoms with Crippen molar-refractivity contribution in [1.29, 1.82) is 0 Å². The molecule has 2 heterocycles. The summed E-state index contributed by atoms with van der Waals surface area (Å²) in [6.45, 7) is 2.04. The molecule has 0 saturated carbocycles. The predicted molar refractivity (Wildman–Crippen MR) is 55.7 cm³/mol. The zero-order valence-corrected chi connectivity index (χ0v) is 8.71. The third kappa shape index (κ3) is 1.93. The molecule has 0 fully saturated rings. The number of hydrogen-bond donors (Lipinski definition) is 0. The van der Waals surface area contributed by atoms with Crippen LogP contribution in [0.15, 0.2) is 35.3 Å². The number of nitrogens with zero attached hydrogens (tertiary/aromatic N) is 2. The van der Waals surface area contributed by atoms with Gasteiger partial charge >= 0.3 is 5.97 Å². The highest BCUT2D eigenvalue weighted by molar-refractivity contribution is 5.92. The van der Waals surface area contributed by atoms with Crippen LogP contribution in [0.3, 0.4) is 0 Å². The second-order valence-electron chi connectivity index (χ2n) is 2.99. The first-order valence-electron chi connectivity index (χ1n) is 4.84. The van der Waals surface area contributed by atoms with Crippen molar-refractivity contribution in [3.8, 4) is 11.3 Å². The molecule has 0 radical (unpaired) electrons. The number of ether oxygens (including phenoxy) is 1. The zero-order valence-electron chi connectivity index (χ0n) is 8.71. The van der Waals surface area contributed by atoms with Crippen molar-refractivity contribution in [2.45, 2.75) is 6.92 Å². The summed E-state index contributed by atoms with van der Waals surface area (Å²) >= 11 is 0. The molecule has 0 atom stereocenters. The Labute approximate surface area is 92.1 Å². The van der Waals surface area contributed by atoms with E-state index in [1.165, 1.54) is 6.39 Å². The lowest BCUT2D eigenvalue weighted by atomic mass is 10.2. The van der Waals surface area contributed by atoms with Crippen molar-refractivity contribution in [1.82, 2.24) is 9.97 Å². The summed E-state index contributed by atoms with van der Waals surface area (Å²) in [6.07, 6.45) is 4.47. The molecule has 0 aliphatic carbocycles. The fourth-order valence-corrected chi connectivity index (χ4v) is 1.30. The summed E-state index contributed by atoms with van der Waals surface area (Å²) in [4.78, 5) is 19.4. The predicted octanol–water partition coefficient (Wildman–Crippen LogP) is 1.91. The summed E-state index contributed by atoms with van der Waals surface area (Å²) in [5.41, 5.74) is 1.24. The monoisotopic (exact) mass is 218 g/mol. The molecule has 0 saturated heterocycles. The van der Waals surface area contributed by atoms with Crippen LogP contribution in [0.5, 0.6) is 0 Å². The Morgan fingerprint density at radius 3 is 2.88 bits per heavy atom. The number of oxazole rings is 1. The van der Waals surface area contributed by atoms with Crippen LogP contribution in [0.2, 0.25) is 0 Å².